The first-order chi connectivity index (χ1) is 11.7. The van der Waals surface area contributed by atoms with Gasteiger partial charge in [0, 0.05) is 11.8 Å². The van der Waals surface area contributed by atoms with Crippen molar-refractivity contribution in [3.8, 4) is 28.3 Å². The van der Waals surface area contributed by atoms with E-state index in [2.05, 4.69) is 15.0 Å². The van der Waals surface area contributed by atoms with Gasteiger partial charge >= 0.3 is 0 Å². The van der Waals surface area contributed by atoms with Crippen molar-refractivity contribution < 1.29 is 4.74 Å². The monoisotopic (exact) mass is 352 g/mol. The minimum atomic E-state index is 0. The predicted molar refractivity (Wildman–Crippen MR) is 103 cm³/mol. The van der Waals surface area contributed by atoms with E-state index in [1.165, 1.54) is 0 Å². The molecule has 6 heteroatoms. The van der Waals surface area contributed by atoms with E-state index in [1.54, 1.807) is 13.3 Å². The van der Waals surface area contributed by atoms with Gasteiger partial charge in [0.25, 0.3) is 0 Å². The largest absolute Gasteiger partial charge is 0.497 e. The molecule has 0 amide bonds. The highest BCUT2D eigenvalue weighted by Crippen LogP contribution is 2.30. The first-order valence-corrected chi connectivity index (χ1v) is 7.59. The number of benzene rings is 2. The molecule has 0 radical (unpaired) electrons. The second-order valence-corrected chi connectivity index (χ2v) is 5.49. The van der Waals surface area contributed by atoms with Gasteiger partial charge in [-0.3, -0.25) is 0 Å². The SMILES string of the molecule is COc1cccc(-c2cnc(N)c(-c3nc4ccccc4[nH]3)c2)c1.Cl. The molecule has 0 spiro atoms. The van der Waals surface area contributed by atoms with E-state index < -0.39 is 0 Å². The average molecular weight is 353 g/mol. The van der Waals surface area contributed by atoms with Crippen LogP contribution in [0, 0.1) is 0 Å². The number of nitrogens with two attached hydrogens (primary N) is 1. The third kappa shape index (κ3) is 3.14. The van der Waals surface area contributed by atoms with Crippen molar-refractivity contribution in [1.29, 1.82) is 0 Å². The van der Waals surface area contributed by atoms with E-state index in [9.17, 15) is 0 Å². The molecule has 0 aliphatic carbocycles. The van der Waals surface area contributed by atoms with E-state index in [4.69, 9.17) is 10.5 Å². The number of fused-ring (bicyclic) bond motifs is 1. The molecule has 0 unspecified atom stereocenters. The van der Waals surface area contributed by atoms with Gasteiger partial charge in [0.2, 0.25) is 0 Å². The molecule has 2 aromatic carbocycles. The molecular weight excluding hydrogens is 336 g/mol. The molecule has 4 aromatic rings. The maximum absolute atomic E-state index is 6.08. The van der Waals surface area contributed by atoms with Crippen molar-refractivity contribution >= 4 is 29.3 Å². The fourth-order valence-electron chi connectivity index (χ4n) is 2.71. The minimum Gasteiger partial charge on any atom is -0.497 e. The number of aromatic amines is 1. The number of nitrogen functional groups attached to an aromatic ring is 1. The Balaban J connectivity index is 0.00000182. The molecule has 2 aromatic heterocycles. The lowest BCUT2D eigenvalue weighted by Crippen LogP contribution is -1.96. The molecule has 0 fully saturated rings. The standard InChI is InChI=1S/C19H16N4O.ClH/c1-24-14-6-4-5-12(9-14)13-10-15(18(20)21-11-13)19-22-16-7-2-3-8-17(16)23-19;/h2-11H,1H3,(H2,20,21)(H,22,23);1H. The van der Waals surface area contributed by atoms with Crippen LogP contribution in [-0.4, -0.2) is 22.1 Å². The van der Waals surface area contributed by atoms with Crippen molar-refractivity contribution in [1.82, 2.24) is 15.0 Å². The van der Waals surface area contributed by atoms with E-state index >= 15 is 0 Å². The maximum atomic E-state index is 6.08. The molecule has 0 atom stereocenters. The Labute approximate surface area is 151 Å². The molecule has 2 heterocycles. The highest BCUT2D eigenvalue weighted by atomic mass is 35.5. The Bertz CT molecular complexity index is 996. The summed E-state index contributed by atoms with van der Waals surface area (Å²) in [6.45, 7) is 0. The van der Waals surface area contributed by atoms with Crippen molar-refractivity contribution in [3.05, 3.63) is 60.8 Å². The van der Waals surface area contributed by atoms with Crippen LogP contribution in [0.25, 0.3) is 33.5 Å². The summed E-state index contributed by atoms with van der Waals surface area (Å²) in [5, 5.41) is 0. The number of pyridine rings is 1. The molecule has 25 heavy (non-hydrogen) atoms. The normalized spacial score (nSPS) is 10.4. The summed E-state index contributed by atoms with van der Waals surface area (Å²) < 4.78 is 5.29. The number of anilines is 1. The lowest BCUT2D eigenvalue weighted by molar-refractivity contribution is 0.415. The lowest BCUT2D eigenvalue weighted by Gasteiger charge is -2.07. The van der Waals surface area contributed by atoms with Crippen LogP contribution in [0.3, 0.4) is 0 Å². The van der Waals surface area contributed by atoms with Crippen LogP contribution < -0.4 is 10.5 Å². The number of ether oxygens (including phenoxy) is 1. The van der Waals surface area contributed by atoms with Crippen LogP contribution in [0.2, 0.25) is 0 Å². The number of halogens is 1. The second kappa shape index (κ2) is 6.83. The van der Waals surface area contributed by atoms with Crippen LogP contribution in [0.5, 0.6) is 5.75 Å². The van der Waals surface area contributed by atoms with Gasteiger partial charge in [-0.15, -0.1) is 12.4 Å². The van der Waals surface area contributed by atoms with Crippen molar-refractivity contribution in [2.24, 2.45) is 0 Å². The number of aromatic nitrogens is 3. The van der Waals surface area contributed by atoms with Gasteiger partial charge in [0.15, 0.2) is 0 Å². The number of rotatable bonds is 3. The number of methoxy groups -OCH3 is 1. The van der Waals surface area contributed by atoms with E-state index in [1.807, 2.05) is 54.6 Å². The summed E-state index contributed by atoms with van der Waals surface area (Å²) >= 11 is 0. The van der Waals surface area contributed by atoms with Crippen molar-refractivity contribution in [2.75, 3.05) is 12.8 Å². The molecular formula is C19H17ClN4O. The molecule has 3 N–H and O–H groups in total. The smallest absolute Gasteiger partial charge is 0.142 e. The van der Waals surface area contributed by atoms with E-state index in [-0.39, 0.29) is 12.4 Å². The van der Waals surface area contributed by atoms with Crippen molar-refractivity contribution in [3.63, 3.8) is 0 Å². The van der Waals surface area contributed by atoms with Gasteiger partial charge < -0.3 is 15.5 Å². The molecule has 0 saturated carbocycles. The Morgan fingerprint density at radius 1 is 1.00 bits per heavy atom. The Morgan fingerprint density at radius 2 is 1.84 bits per heavy atom. The van der Waals surface area contributed by atoms with Gasteiger partial charge in [-0.1, -0.05) is 24.3 Å². The van der Waals surface area contributed by atoms with Crippen LogP contribution in [0.1, 0.15) is 0 Å². The zero-order chi connectivity index (χ0) is 16.5. The molecule has 4 rings (SSSR count). The van der Waals surface area contributed by atoms with Crippen LogP contribution >= 0.6 is 12.4 Å². The quantitative estimate of drug-likeness (QED) is 0.576. The summed E-state index contributed by atoms with van der Waals surface area (Å²) in [6, 6.07) is 17.7. The highest BCUT2D eigenvalue weighted by molar-refractivity contribution is 5.85. The molecule has 0 bridgehead atoms. The van der Waals surface area contributed by atoms with E-state index in [0.29, 0.717) is 11.6 Å². The lowest BCUT2D eigenvalue weighted by atomic mass is 10.0. The average Bonchev–Trinajstić information content (AvgIpc) is 3.06. The van der Waals surface area contributed by atoms with Crippen LogP contribution in [-0.2, 0) is 0 Å². The summed E-state index contributed by atoms with van der Waals surface area (Å²) in [4.78, 5) is 12.2. The van der Waals surface area contributed by atoms with Gasteiger partial charge in [0.1, 0.15) is 17.4 Å². The molecule has 126 valence electrons. The second-order valence-electron chi connectivity index (χ2n) is 5.49. The Morgan fingerprint density at radius 3 is 2.64 bits per heavy atom. The van der Waals surface area contributed by atoms with Crippen LogP contribution in [0.4, 0.5) is 5.82 Å². The maximum Gasteiger partial charge on any atom is 0.142 e. The van der Waals surface area contributed by atoms with Crippen LogP contribution in [0.15, 0.2) is 60.8 Å². The summed E-state index contributed by atoms with van der Waals surface area (Å²) in [5.74, 6) is 1.96. The predicted octanol–water partition coefficient (Wildman–Crippen LogP) is 4.30. The topological polar surface area (TPSA) is 76.8 Å². The van der Waals surface area contributed by atoms with Gasteiger partial charge in [-0.2, -0.15) is 0 Å². The Kier molecular flexibility index (Phi) is 4.59. The highest BCUT2D eigenvalue weighted by Gasteiger charge is 2.11. The fraction of sp³-hybridized carbons (Fsp3) is 0.0526. The number of hydrogen-bond donors (Lipinski definition) is 2. The zero-order valence-electron chi connectivity index (χ0n) is 13.6. The molecule has 5 nitrogen and oxygen atoms in total. The fourth-order valence-corrected chi connectivity index (χ4v) is 2.71. The minimum absolute atomic E-state index is 0. The Hall–Kier alpha value is -3.05. The first kappa shape index (κ1) is 16.8. The first-order valence-electron chi connectivity index (χ1n) is 7.59. The number of para-hydroxylation sites is 2. The molecule has 0 aliphatic heterocycles. The summed E-state index contributed by atoms with van der Waals surface area (Å²) in [6.07, 6.45) is 1.76. The van der Waals surface area contributed by atoms with E-state index in [0.717, 1.165) is 33.5 Å². The third-order valence-electron chi connectivity index (χ3n) is 3.97. The number of nitrogens with one attached hydrogen (secondary N) is 1. The molecule has 0 aliphatic rings. The van der Waals surface area contributed by atoms with Crippen molar-refractivity contribution in [2.45, 2.75) is 0 Å². The number of H-pyrrole nitrogens is 1. The molecule has 0 saturated heterocycles. The number of imidazole rings is 1. The zero-order valence-corrected chi connectivity index (χ0v) is 14.4. The summed E-state index contributed by atoms with van der Waals surface area (Å²) in [7, 11) is 1.65. The van der Waals surface area contributed by atoms with Gasteiger partial charge in [-0.05, 0) is 35.9 Å². The summed E-state index contributed by atoms with van der Waals surface area (Å²) in [5.41, 5.74) is 10.7. The number of hydrogen-bond acceptors (Lipinski definition) is 4. The number of nitrogens with zero attached hydrogens (tertiary/aromatic N) is 2. The van der Waals surface area contributed by atoms with Gasteiger partial charge in [-0.25, -0.2) is 9.97 Å². The van der Waals surface area contributed by atoms with Gasteiger partial charge in [0.05, 0.1) is 23.7 Å². The third-order valence-corrected chi connectivity index (χ3v) is 3.97.